The van der Waals surface area contributed by atoms with Crippen molar-refractivity contribution in [3.8, 4) is 0 Å². The molecule has 0 saturated carbocycles. The normalized spacial score (nSPS) is 16.2. The van der Waals surface area contributed by atoms with E-state index in [4.69, 9.17) is 9.84 Å². The number of aliphatic hydroxyl groups is 1. The summed E-state index contributed by atoms with van der Waals surface area (Å²) in [6, 6.07) is 14.5. The van der Waals surface area contributed by atoms with Crippen LogP contribution in [0.2, 0.25) is 0 Å². The number of aliphatic hydroxyl groups excluding tert-OH is 1. The molecule has 0 saturated heterocycles. The number of carboxylic acid groups (broad SMARTS) is 1. The molecule has 0 heterocycles. The van der Waals surface area contributed by atoms with E-state index < -0.39 is 12.1 Å². The van der Waals surface area contributed by atoms with Crippen molar-refractivity contribution in [3.63, 3.8) is 0 Å². The van der Waals surface area contributed by atoms with E-state index in [-0.39, 0.29) is 18.2 Å². The number of benzene rings is 2. The highest BCUT2D eigenvalue weighted by molar-refractivity contribution is 5.85. The summed E-state index contributed by atoms with van der Waals surface area (Å²) in [5, 5.41) is 23.0. The van der Waals surface area contributed by atoms with Crippen LogP contribution in [0.4, 0.5) is 0 Å². The van der Waals surface area contributed by atoms with Crippen LogP contribution in [0.15, 0.2) is 48.5 Å². The number of nitrogens with one attached hydrogen (secondary N) is 1. The standard InChI is InChI=1S/C28H37NO4/c1-19-9-10-22(11-12-27(31)32)26(13-19)20(2)33-18-25(30)17-29-28(3,4)16-21-14-23-7-5-6-8-24(23)15-21/h5-13,20-21,25,29-30H,14-18H2,1-4H3,(H,31,32)/b12-11+/t20-,25-/m1/s1. The minimum Gasteiger partial charge on any atom is -0.478 e. The van der Waals surface area contributed by atoms with Gasteiger partial charge in [-0.2, -0.15) is 0 Å². The number of aliphatic carboxylic acids is 1. The lowest BCUT2D eigenvalue weighted by molar-refractivity contribution is -0.131. The number of β-amino-alcohol motifs (C(OH)–C–C–N with tert-alkyl or cyclic N) is 1. The van der Waals surface area contributed by atoms with Gasteiger partial charge in [-0.25, -0.2) is 4.79 Å². The first-order chi connectivity index (χ1) is 15.6. The maximum atomic E-state index is 10.9. The Kier molecular flexibility index (Phi) is 8.46. The third kappa shape index (κ3) is 7.53. The van der Waals surface area contributed by atoms with Crippen molar-refractivity contribution >= 4 is 12.0 Å². The molecule has 2 aromatic carbocycles. The lowest BCUT2D eigenvalue weighted by Crippen LogP contribution is -2.45. The third-order valence-electron chi connectivity index (χ3n) is 6.38. The number of hydrogen-bond donors (Lipinski definition) is 3. The van der Waals surface area contributed by atoms with Crippen molar-refractivity contribution in [3.05, 3.63) is 76.4 Å². The molecule has 0 unspecified atom stereocenters. The van der Waals surface area contributed by atoms with Gasteiger partial charge in [0.1, 0.15) is 0 Å². The molecule has 1 aliphatic rings. The highest BCUT2D eigenvalue weighted by Crippen LogP contribution is 2.32. The van der Waals surface area contributed by atoms with Gasteiger partial charge in [0.15, 0.2) is 0 Å². The van der Waals surface area contributed by atoms with Gasteiger partial charge in [-0.15, -0.1) is 0 Å². The second-order valence-electron chi connectivity index (χ2n) is 9.95. The van der Waals surface area contributed by atoms with E-state index in [0.29, 0.717) is 12.5 Å². The smallest absolute Gasteiger partial charge is 0.328 e. The zero-order chi connectivity index (χ0) is 24.0. The summed E-state index contributed by atoms with van der Waals surface area (Å²) in [5.41, 5.74) is 5.65. The zero-order valence-corrected chi connectivity index (χ0v) is 20.2. The Balaban J connectivity index is 1.48. The van der Waals surface area contributed by atoms with Crippen LogP contribution in [0.5, 0.6) is 0 Å². The Hall–Kier alpha value is -2.47. The predicted octanol–water partition coefficient (Wildman–Crippen LogP) is 4.70. The highest BCUT2D eigenvalue weighted by atomic mass is 16.5. The Labute approximate surface area is 197 Å². The molecule has 0 fully saturated rings. The predicted molar refractivity (Wildman–Crippen MR) is 132 cm³/mol. The Morgan fingerprint density at radius 1 is 1.21 bits per heavy atom. The van der Waals surface area contributed by atoms with Crippen molar-refractivity contribution in [2.75, 3.05) is 13.2 Å². The largest absolute Gasteiger partial charge is 0.478 e. The molecule has 0 aliphatic heterocycles. The number of hydrogen-bond acceptors (Lipinski definition) is 4. The second-order valence-corrected chi connectivity index (χ2v) is 9.95. The molecule has 2 atom stereocenters. The molecule has 33 heavy (non-hydrogen) atoms. The second kappa shape index (κ2) is 11.1. The fourth-order valence-corrected chi connectivity index (χ4v) is 4.75. The van der Waals surface area contributed by atoms with E-state index in [9.17, 15) is 9.90 Å². The van der Waals surface area contributed by atoms with E-state index in [1.165, 1.54) is 11.1 Å². The molecule has 0 radical (unpaired) electrons. The molecule has 2 aromatic rings. The maximum Gasteiger partial charge on any atom is 0.328 e. The van der Waals surface area contributed by atoms with Crippen LogP contribution < -0.4 is 5.32 Å². The van der Waals surface area contributed by atoms with Crippen LogP contribution in [0.1, 0.15) is 61.1 Å². The summed E-state index contributed by atoms with van der Waals surface area (Å²) in [4.78, 5) is 10.9. The summed E-state index contributed by atoms with van der Waals surface area (Å²) in [5.74, 6) is -0.363. The first-order valence-electron chi connectivity index (χ1n) is 11.8. The van der Waals surface area contributed by atoms with Crippen LogP contribution in [0, 0.1) is 12.8 Å². The summed E-state index contributed by atoms with van der Waals surface area (Å²) in [6.45, 7) is 8.97. The van der Waals surface area contributed by atoms with Crippen LogP contribution >= 0.6 is 0 Å². The van der Waals surface area contributed by atoms with Crippen LogP contribution in [-0.4, -0.2) is 41.0 Å². The van der Waals surface area contributed by atoms with Crippen LogP contribution in [0.3, 0.4) is 0 Å². The summed E-state index contributed by atoms with van der Waals surface area (Å²) < 4.78 is 5.96. The van der Waals surface area contributed by atoms with Gasteiger partial charge in [0, 0.05) is 18.2 Å². The first-order valence-corrected chi connectivity index (χ1v) is 11.8. The van der Waals surface area contributed by atoms with Gasteiger partial charge in [-0.1, -0.05) is 48.0 Å². The molecule has 5 heteroatoms. The number of carboxylic acids is 1. The lowest BCUT2D eigenvalue weighted by atomic mass is 9.88. The van der Waals surface area contributed by atoms with Crippen molar-refractivity contribution in [1.82, 2.24) is 5.32 Å². The maximum absolute atomic E-state index is 10.9. The number of aryl methyl sites for hydroxylation is 1. The monoisotopic (exact) mass is 451 g/mol. The Morgan fingerprint density at radius 3 is 2.52 bits per heavy atom. The molecule has 3 N–H and O–H groups in total. The molecule has 0 spiro atoms. The third-order valence-corrected chi connectivity index (χ3v) is 6.38. The van der Waals surface area contributed by atoms with E-state index in [1.54, 1.807) is 6.08 Å². The van der Waals surface area contributed by atoms with Gasteiger partial charge in [-0.05, 0) is 81.2 Å². The topological polar surface area (TPSA) is 78.8 Å². The molecular weight excluding hydrogens is 414 g/mol. The molecular formula is C28H37NO4. The van der Waals surface area contributed by atoms with Gasteiger partial charge in [-0.3, -0.25) is 0 Å². The van der Waals surface area contributed by atoms with Crippen molar-refractivity contribution in [1.29, 1.82) is 0 Å². The zero-order valence-electron chi connectivity index (χ0n) is 20.2. The van der Waals surface area contributed by atoms with E-state index in [2.05, 4.69) is 43.4 Å². The number of fused-ring (bicyclic) bond motifs is 1. The fourth-order valence-electron chi connectivity index (χ4n) is 4.75. The highest BCUT2D eigenvalue weighted by Gasteiger charge is 2.28. The molecule has 0 aromatic heterocycles. The van der Waals surface area contributed by atoms with Gasteiger partial charge in [0.2, 0.25) is 0 Å². The van der Waals surface area contributed by atoms with Gasteiger partial charge >= 0.3 is 5.97 Å². The average Bonchev–Trinajstić information content (AvgIpc) is 3.16. The van der Waals surface area contributed by atoms with Crippen molar-refractivity contribution in [2.45, 2.75) is 64.7 Å². The molecule has 5 nitrogen and oxygen atoms in total. The van der Waals surface area contributed by atoms with E-state index in [0.717, 1.165) is 42.0 Å². The quantitative estimate of drug-likeness (QED) is 0.432. The van der Waals surface area contributed by atoms with Crippen LogP contribution in [0.25, 0.3) is 6.08 Å². The van der Waals surface area contributed by atoms with Gasteiger partial charge in [0.05, 0.1) is 18.8 Å². The molecule has 178 valence electrons. The Morgan fingerprint density at radius 2 is 1.88 bits per heavy atom. The SMILES string of the molecule is Cc1ccc(/C=C/C(=O)O)c([C@@H](C)OC[C@H](O)CNC(C)(C)CC2Cc3ccccc3C2)c1. The van der Waals surface area contributed by atoms with Gasteiger partial charge in [0.25, 0.3) is 0 Å². The molecule has 0 amide bonds. The lowest BCUT2D eigenvalue weighted by Gasteiger charge is -2.31. The Bertz CT molecular complexity index is 957. The van der Waals surface area contributed by atoms with Crippen molar-refractivity contribution in [2.24, 2.45) is 5.92 Å². The van der Waals surface area contributed by atoms with Gasteiger partial charge < -0.3 is 20.3 Å². The number of rotatable bonds is 11. The first kappa shape index (κ1) is 25.2. The minimum absolute atomic E-state index is 0.0787. The van der Waals surface area contributed by atoms with E-state index >= 15 is 0 Å². The van der Waals surface area contributed by atoms with Crippen LogP contribution in [-0.2, 0) is 22.4 Å². The minimum atomic E-state index is -0.985. The summed E-state index contributed by atoms with van der Waals surface area (Å²) >= 11 is 0. The summed E-state index contributed by atoms with van der Waals surface area (Å²) in [7, 11) is 0. The number of ether oxygens (including phenoxy) is 1. The average molecular weight is 452 g/mol. The number of carbonyl (C=O) groups is 1. The molecule has 1 aliphatic carbocycles. The van der Waals surface area contributed by atoms with Crippen molar-refractivity contribution < 1.29 is 19.7 Å². The summed E-state index contributed by atoms with van der Waals surface area (Å²) in [6.07, 6.45) is 5.12. The molecule has 3 rings (SSSR count). The molecule has 0 bridgehead atoms. The van der Waals surface area contributed by atoms with E-state index in [1.807, 2.05) is 32.0 Å². The fraction of sp³-hybridized carbons (Fsp3) is 0.464.